The molecule has 0 bridgehead atoms. The summed E-state index contributed by atoms with van der Waals surface area (Å²) in [6.07, 6.45) is 2.68. The number of aliphatic hydroxyl groups excluding tert-OH is 4. The first-order chi connectivity index (χ1) is 14.0. The van der Waals surface area contributed by atoms with Gasteiger partial charge < -0.3 is 25.5 Å². The smallest absolute Gasteiger partial charge is 0.303 e. The highest BCUT2D eigenvalue weighted by Gasteiger charge is 2.67. The van der Waals surface area contributed by atoms with Crippen molar-refractivity contribution in [2.75, 3.05) is 0 Å². The van der Waals surface area contributed by atoms with Crippen LogP contribution in [0.1, 0.15) is 72.1 Å². The van der Waals surface area contributed by atoms with Crippen LogP contribution >= 0.6 is 0 Å². The van der Waals surface area contributed by atoms with Gasteiger partial charge in [-0.1, -0.05) is 20.8 Å². The Kier molecular flexibility index (Phi) is 5.79. The molecule has 0 unspecified atom stereocenters. The molecule has 0 radical (unpaired) electrons. The van der Waals surface area contributed by atoms with Crippen LogP contribution in [-0.2, 0) is 4.79 Å². The number of aliphatic hydroxyl groups is 4. The summed E-state index contributed by atoms with van der Waals surface area (Å²) in [7, 11) is 0. The van der Waals surface area contributed by atoms with Crippen LogP contribution in [0.15, 0.2) is 0 Å². The Hall–Kier alpha value is -0.690. The van der Waals surface area contributed by atoms with Gasteiger partial charge in [0.15, 0.2) is 0 Å². The molecule has 0 aliphatic heterocycles. The second-order valence-electron chi connectivity index (χ2n) is 11.5. The predicted octanol–water partition coefficient (Wildman–Crippen LogP) is 2.42. The number of fused-ring (bicyclic) bond motifs is 5. The highest BCUT2D eigenvalue weighted by atomic mass is 16.4. The van der Waals surface area contributed by atoms with Crippen molar-refractivity contribution in [2.45, 2.75) is 96.6 Å². The Morgan fingerprint density at radius 2 is 1.60 bits per heavy atom. The van der Waals surface area contributed by atoms with Gasteiger partial charge in [0.1, 0.15) is 0 Å². The number of aliphatic carboxylic acids is 1. The SMILES string of the molecule is C[C@H](CCC(=O)O)[C@H]1CC[C@H]2[C@@H]3[C@H](O)C[C@@H]4C[C@H](O)C[C@@H](O)[C@]4(C)[C@H]3C[C@H](O)[C@]12C. The summed E-state index contributed by atoms with van der Waals surface area (Å²) in [6, 6.07) is 0. The molecule has 0 aromatic rings. The second-order valence-corrected chi connectivity index (χ2v) is 11.5. The van der Waals surface area contributed by atoms with Gasteiger partial charge in [-0.05, 0) is 91.3 Å². The van der Waals surface area contributed by atoms with Crippen LogP contribution < -0.4 is 0 Å². The Morgan fingerprint density at radius 1 is 0.933 bits per heavy atom. The summed E-state index contributed by atoms with van der Waals surface area (Å²) in [6.45, 7) is 6.39. The Bertz CT molecular complexity index is 668. The van der Waals surface area contributed by atoms with Crippen molar-refractivity contribution in [2.24, 2.45) is 46.3 Å². The lowest BCUT2D eigenvalue weighted by Crippen LogP contribution is -2.65. The summed E-state index contributed by atoms with van der Waals surface area (Å²) in [4.78, 5) is 11.1. The van der Waals surface area contributed by atoms with Crippen LogP contribution in [0.4, 0.5) is 0 Å². The van der Waals surface area contributed by atoms with Crippen LogP contribution in [0, 0.1) is 46.3 Å². The van der Waals surface area contributed by atoms with E-state index in [1.165, 1.54) is 0 Å². The fraction of sp³-hybridized carbons (Fsp3) is 0.958. The molecule has 0 amide bonds. The lowest BCUT2D eigenvalue weighted by atomic mass is 9.42. The fourth-order valence-corrected chi connectivity index (χ4v) is 8.76. The van der Waals surface area contributed by atoms with Crippen molar-refractivity contribution in [1.29, 1.82) is 0 Å². The van der Waals surface area contributed by atoms with Gasteiger partial charge >= 0.3 is 5.97 Å². The molecule has 4 rings (SSSR count). The van der Waals surface area contributed by atoms with Crippen LogP contribution in [0.5, 0.6) is 0 Å². The molecule has 12 atom stereocenters. The fourth-order valence-electron chi connectivity index (χ4n) is 8.76. The minimum atomic E-state index is -0.777. The third-order valence-electron chi connectivity index (χ3n) is 10.4. The molecule has 6 nitrogen and oxygen atoms in total. The largest absolute Gasteiger partial charge is 0.481 e. The van der Waals surface area contributed by atoms with Crippen molar-refractivity contribution in [3.8, 4) is 0 Å². The number of rotatable bonds is 4. The van der Waals surface area contributed by atoms with E-state index in [0.29, 0.717) is 32.1 Å². The lowest BCUT2D eigenvalue weighted by Gasteiger charge is -2.64. The lowest BCUT2D eigenvalue weighted by molar-refractivity contribution is -0.234. The van der Waals surface area contributed by atoms with Gasteiger partial charge in [0.2, 0.25) is 0 Å². The van der Waals surface area contributed by atoms with Gasteiger partial charge in [0.05, 0.1) is 24.4 Å². The molecular formula is C24H40O6. The topological polar surface area (TPSA) is 118 Å². The van der Waals surface area contributed by atoms with Gasteiger partial charge in [0.25, 0.3) is 0 Å². The molecule has 172 valence electrons. The van der Waals surface area contributed by atoms with Crippen LogP contribution in [0.25, 0.3) is 0 Å². The molecule has 0 aromatic carbocycles. The molecule has 6 heteroatoms. The summed E-state index contributed by atoms with van der Waals surface area (Å²) in [5.41, 5.74) is -0.721. The molecular weight excluding hydrogens is 384 g/mol. The van der Waals surface area contributed by atoms with Crippen LogP contribution in [0.2, 0.25) is 0 Å². The molecule has 0 saturated heterocycles. The molecule has 4 aliphatic carbocycles. The van der Waals surface area contributed by atoms with Gasteiger partial charge in [-0.2, -0.15) is 0 Å². The highest BCUT2D eigenvalue weighted by molar-refractivity contribution is 5.66. The van der Waals surface area contributed by atoms with Crippen LogP contribution in [0.3, 0.4) is 0 Å². The predicted molar refractivity (Wildman–Crippen MR) is 111 cm³/mol. The monoisotopic (exact) mass is 424 g/mol. The average molecular weight is 425 g/mol. The number of carbonyl (C=O) groups is 1. The molecule has 0 aromatic heterocycles. The number of carboxylic acid groups (broad SMARTS) is 1. The molecule has 30 heavy (non-hydrogen) atoms. The maximum Gasteiger partial charge on any atom is 0.303 e. The van der Waals surface area contributed by atoms with E-state index in [-0.39, 0.29) is 47.3 Å². The maximum absolute atomic E-state index is 11.5. The van der Waals surface area contributed by atoms with Crippen molar-refractivity contribution >= 4 is 5.97 Å². The zero-order valence-corrected chi connectivity index (χ0v) is 18.6. The van der Waals surface area contributed by atoms with E-state index in [4.69, 9.17) is 5.11 Å². The quantitative estimate of drug-likeness (QED) is 0.473. The number of carboxylic acids is 1. The summed E-state index contributed by atoms with van der Waals surface area (Å²) < 4.78 is 0. The molecule has 5 N–H and O–H groups in total. The van der Waals surface area contributed by atoms with E-state index >= 15 is 0 Å². The third kappa shape index (κ3) is 3.16. The Balaban J connectivity index is 1.63. The highest BCUT2D eigenvalue weighted by Crippen LogP contribution is 2.68. The van der Waals surface area contributed by atoms with Crippen molar-refractivity contribution in [3.63, 3.8) is 0 Å². The third-order valence-corrected chi connectivity index (χ3v) is 10.4. The van der Waals surface area contributed by atoms with Crippen molar-refractivity contribution < 1.29 is 30.3 Å². The molecule has 4 aliphatic rings. The first kappa shape index (κ1) is 22.5. The summed E-state index contributed by atoms with van der Waals surface area (Å²) >= 11 is 0. The van der Waals surface area contributed by atoms with Crippen molar-refractivity contribution in [3.05, 3.63) is 0 Å². The van der Waals surface area contributed by atoms with E-state index in [2.05, 4.69) is 20.8 Å². The van der Waals surface area contributed by atoms with Gasteiger partial charge in [-0.3, -0.25) is 4.79 Å². The summed E-state index contributed by atoms with van der Waals surface area (Å²) in [5, 5.41) is 53.1. The van der Waals surface area contributed by atoms with Gasteiger partial charge in [0, 0.05) is 6.42 Å². The first-order valence-electron chi connectivity index (χ1n) is 11.9. The summed E-state index contributed by atoms with van der Waals surface area (Å²) in [5.74, 6) is -0.00131. The van der Waals surface area contributed by atoms with Crippen molar-refractivity contribution in [1.82, 2.24) is 0 Å². The van der Waals surface area contributed by atoms with Crippen LogP contribution in [-0.4, -0.2) is 55.9 Å². The molecule has 0 heterocycles. The minimum Gasteiger partial charge on any atom is -0.481 e. The number of hydrogen-bond donors (Lipinski definition) is 5. The molecule has 4 saturated carbocycles. The van der Waals surface area contributed by atoms with E-state index < -0.39 is 35.8 Å². The van der Waals surface area contributed by atoms with E-state index in [0.717, 1.165) is 12.8 Å². The standard InChI is InChI=1S/C24H40O6/c1-12(4-7-21(29)30)15-5-6-16-22-17(11-20(28)24(15,16)3)23(2)13(9-18(22)26)8-14(25)10-19(23)27/h12-20,22,25-28H,4-11H2,1-3H3,(H,29,30)/t12-,13+,14+,15-,16+,17+,18-,19-,20+,22+,23+,24-/m1/s1. The normalized spacial score (nSPS) is 54.0. The molecule has 0 spiro atoms. The van der Waals surface area contributed by atoms with Gasteiger partial charge in [-0.15, -0.1) is 0 Å². The first-order valence-corrected chi connectivity index (χ1v) is 11.9. The maximum atomic E-state index is 11.5. The second kappa shape index (κ2) is 7.72. The Labute approximate surface area is 179 Å². The van der Waals surface area contributed by atoms with E-state index in [1.807, 2.05) is 0 Å². The Morgan fingerprint density at radius 3 is 2.27 bits per heavy atom. The average Bonchev–Trinajstić information content (AvgIpc) is 3.01. The molecule has 4 fully saturated rings. The zero-order valence-electron chi connectivity index (χ0n) is 18.6. The van der Waals surface area contributed by atoms with E-state index in [9.17, 15) is 25.2 Å². The minimum absolute atomic E-state index is 0.0369. The zero-order chi connectivity index (χ0) is 22.0. The van der Waals surface area contributed by atoms with E-state index in [1.54, 1.807) is 0 Å². The van der Waals surface area contributed by atoms with Gasteiger partial charge in [-0.25, -0.2) is 0 Å². The number of hydrogen-bond acceptors (Lipinski definition) is 5.